The number of rotatable bonds is 6. The number of ether oxygens (including phenoxy) is 1. The molecule has 0 bridgehead atoms. The molecular weight excluding hydrogens is 236 g/mol. The van der Waals surface area contributed by atoms with Crippen molar-refractivity contribution in [2.24, 2.45) is 0 Å². The number of likely N-dealkylation sites (N-methyl/N-ethyl adjacent to an activating group) is 1. The lowest BCUT2D eigenvalue weighted by atomic mass is 10.1. The first-order valence-corrected chi connectivity index (χ1v) is 6.25. The number of carboxylic acid groups (broad SMARTS) is 1. The lowest BCUT2D eigenvalue weighted by Crippen LogP contribution is -2.44. The van der Waals surface area contributed by atoms with Crippen LogP contribution in [0.1, 0.15) is 19.3 Å². The van der Waals surface area contributed by atoms with E-state index in [0.717, 1.165) is 12.8 Å². The third-order valence-corrected chi connectivity index (χ3v) is 2.92. The average Bonchev–Trinajstić information content (AvgIpc) is 2.28. The van der Waals surface area contributed by atoms with E-state index in [2.05, 4.69) is 0 Å². The van der Waals surface area contributed by atoms with Crippen LogP contribution in [0.15, 0.2) is 0 Å². The summed E-state index contributed by atoms with van der Waals surface area (Å²) in [7, 11) is 3.75. The fourth-order valence-corrected chi connectivity index (χ4v) is 1.96. The van der Waals surface area contributed by atoms with Crippen molar-refractivity contribution in [3.05, 3.63) is 0 Å². The summed E-state index contributed by atoms with van der Waals surface area (Å²) in [6.45, 7) is 2.09. The van der Waals surface area contributed by atoms with E-state index < -0.39 is 5.97 Å². The van der Waals surface area contributed by atoms with Gasteiger partial charge in [-0.05, 0) is 26.9 Å². The lowest BCUT2D eigenvalue weighted by molar-refractivity contribution is -0.139. The van der Waals surface area contributed by atoms with E-state index in [-0.39, 0.29) is 25.0 Å². The summed E-state index contributed by atoms with van der Waals surface area (Å²) in [6.07, 6.45) is 1.71. The molecule has 6 heteroatoms. The number of nitrogens with zero attached hydrogens (tertiary/aromatic N) is 2. The van der Waals surface area contributed by atoms with Crippen molar-refractivity contribution in [3.63, 3.8) is 0 Å². The fourth-order valence-electron chi connectivity index (χ4n) is 1.96. The van der Waals surface area contributed by atoms with Gasteiger partial charge in [0.1, 0.15) is 0 Å². The number of piperidine rings is 1. The Morgan fingerprint density at radius 1 is 1.33 bits per heavy atom. The summed E-state index contributed by atoms with van der Waals surface area (Å²) in [5.74, 6) is -0.697. The maximum atomic E-state index is 11.8. The first kappa shape index (κ1) is 14.9. The van der Waals surface area contributed by atoms with Crippen molar-refractivity contribution in [1.82, 2.24) is 9.80 Å². The highest BCUT2D eigenvalue weighted by atomic mass is 16.5. The molecular formula is C12H22N2O4. The largest absolute Gasteiger partial charge is 0.481 e. The third-order valence-electron chi connectivity index (χ3n) is 2.92. The van der Waals surface area contributed by atoms with Gasteiger partial charge >= 0.3 is 5.97 Å². The van der Waals surface area contributed by atoms with Crippen molar-refractivity contribution in [3.8, 4) is 0 Å². The van der Waals surface area contributed by atoms with Crippen molar-refractivity contribution in [2.45, 2.75) is 25.4 Å². The molecule has 0 atom stereocenters. The Labute approximate surface area is 107 Å². The van der Waals surface area contributed by atoms with Crippen LogP contribution in [-0.4, -0.2) is 73.2 Å². The second kappa shape index (κ2) is 7.33. The zero-order valence-electron chi connectivity index (χ0n) is 11.1. The summed E-state index contributed by atoms with van der Waals surface area (Å²) in [6, 6.07) is 0. The van der Waals surface area contributed by atoms with Gasteiger partial charge in [-0.3, -0.25) is 9.59 Å². The minimum atomic E-state index is -0.839. The molecule has 0 aromatic rings. The van der Waals surface area contributed by atoms with Crippen LogP contribution in [0.2, 0.25) is 0 Å². The molecule has 6 nitrogen and oxygen atoms in total. The molecule has 1 fully saturated rings. The molecule has 1 N–H and O–H groups in total. The van der Waals surface area contributed by atoms with E-state index in [4.69, 9.17) is 9.84 Å². The molecule has 0 aromatic heterocycles. The highest BCUT2D eigenvalue weighted by molar-refractivity contribution is 5.78. The van der Waals surface area contributed by atoms with Crippen LogP contribution in [0.4, 0.5) is 0 Å². The van der Waals surface area contributed by atoms with Gasteiger partial charge < -0.3 is 19.6 Å². The van der Waals surface area contributed by atoms with E-state index >= 15 is 0 Å². The van der Waals surface area contributed by atoms with Crippen LogP contribution in [0.3, 0.4) is 0 Å². The molecule has 1 rings (SSSR count). The third kappa shape index (κ3) is 5.46. The molecule has 0 aromatic carbocycles. The zero-order valence-corrected chi connectivity index (χ0v) is 11.1. The van der Waals surface area contributed by atoms with Gasteiger partial charge in [0.25, 0.3) is 0 Å². The topological polar surface area (TPSA) is 70.1 Å². The molecule has 0 spiro atoms. The Hall–Kier alpha value is -1.14. The molecule has 1 amide bonds. The standard InChI is InChI=1S/C12H22N2O4/c1-13(2)9-11(15)14-6-3-10(4-7-14)18-8-5-12(16)17/h10H,3-9H2,1-2H3,(H,16,17). The highest BCUT2D eigenvalue weighted by Gasteiger charge is 2.23. The second-order valence-corrected chi connectivity index (χ2v) is 4.83. The van der Waals surface area contributed by atoms with Crippen molar-refractivity contribution in [1.29, 1.82) is 0 Å². The molecule has 0 aliphatic carbocycles. The maximum absolute atomic E-state index is 11.8. The number of likely N-dealkylation sites (tertiary alicyclic amines) is 1. The van der Waals surface area contributed by atoms with Crippen LogP contribution in [0.25, 0.3) is 0 Å². The van der Waals surface area contributed by atoms with Gasteiger partial charge in [0, 0.05) is 13.1 Å². The van der Waals surface area contributed by atoms with Gasteiger partial charge in [-0.2, -0.15) is 0 Å². The molecule has 1 aliphatic heterocycles. The van der Waals surface area contributed by atoms with Gasteiger partial charge in [0.15, 0.2) is 0 Å². The van der Waals surface area contributed by atoms with Crippen molar-refractivity contribution in [2.75, 3.05) is 40.3 Å². The number of carboxylic acids is 1. The fraction of sp³-hybridized carbons (Fsp3) is 0.833. The Bertz CT molecular complexity index is 286. The predicted octanol–water partition coefficient (Wildman–Crippen LogP) is 0.0303. The lowest BCUT2D eigenvalue weighted by Gasteiger charge is -2.32. The molecule has 1 heterocycles. The van der Waals surface area contributed by atoms with Crippen LogP contribution >= 0.6 is 0 Å². The number of carbonyl (C=O) groups is 2. The van der Waals surface area contributed by atoms with Crippen LogP contribution in [0, 0.1) is 0 Å². The molecule has 0 unspecified atom stereocenters. The number of hydrogen-bond acceptors (Lipinski definition) is 4. The van der Waals surface area contributed by atoms with Crippen LogP contribution in [0.5, 0.6) is 0 Å². The van der Waals surface area contributed by atoms with E-state index in [0.29, 0.717) is 19.6 Å². The van der Waals surface area contributed by atoms with E-state index in [1.54, 1.807) is 0 Å². The summed E-state index contributed by atoms with van der Waals surface area (Å²) >= 11 is 0. The van der Waals surface area contributed by atoms with E-state index in [1.807, 2.05) is 23.9 Å². The Kier molecular flexibility index (Phi) is 6.07. The molecule has 18 heavy (non-hydrogen) atoms. The Morgan fingerprint density at radius 3 is 2.44 bits per heavy atom. The molecule has 104 valence electrons. The summed E-state index contributed by atoms with van der Waals surface area (Å²) in [5, 5.41) is 8.50. The first-order chi connectivity index (χ1) is 8.49. The van der Waals surface area contributed by atoms with Gasteiger partial charge in [0.05, 0.1) is 25.7 Å². The molecule has 0 saturated carbocycles. The normalized spacial score (nSPS) is 17.2. The van der Waals surface area contributed by atoms with Gasteiger partial charge in [-0.25, -0.2) is 0 Å². The molecule has 1 saturated heterocycles. The van der Waals surface area contributed by atoms with Crippen molar-refractivity contribution < 1.29 is 19.4 Å². The van der Waals surface area contributed by atoms with Crippen molar-refractivity contribution >= 4 is 11.9 Å². The van der Waals surface area contributed by atoms with Crippen LogP contribution < -0.4 is 0 Å². The van der Waals surface area contributed by atoms with E-state index in [9.17, 15) is 9.59 Å². The summed E-state index contributed by atoms with van der Waals surface area (Å²) < 4.78 is 5.47. The molecule has 1 aliphatic rings. The summed E-state index contributed by atoms with van der Waals surface area (Å²) in [5.41, 5.74) is 0. The first-order valence-electron chi connectivity index (χ1n) is 6.25. The Balaban J connectivity index is 2.20. The minimum Gasteiger partial charge on any atom is -0.481 e. The SMILES string of the molecule is CN(C)CC(=O)N1CCC(OCCC(=O)O)CC1. The van der Waals surface area contributed by atoms with Gasteiger partial charge in [0.2, 0.25) is 5.91 Å². The number of aliphatic carboxylic acids is 1. The van der Waals surface area contributed by atoms with Gasteiger partial charge in [-0.1, -0.05) is 0 Å². The van der Waals surface area contributed by atoms with Crippen LogP contribution in [-0.2, 0) is 14.3 Å². The molecule has 0 radical (unpaired) electrons. The highest BCUT2D eigenvalue weighted by Crippen LogP contribution is 2.14. The minimum absolute atomic E-state index is 0.0414. The Morgan fingerprint density at radius 2 is 1.94 bits per heavy atom. The number of hydrogen-bond donors (Lipinski definition) is 1. The monoisotopic (exact) mass is 258 g/mol. The quantitative estimate of drug-likeness (QED) is 0.728. The van der Waals surface area contributed by atoms with Gasteiger partial charge in [-0.15, -0.1) is 0 Å². The maximum Gasteiger partial charge on any atom is 0.305 e. The van der Waals surface area contributed by atoms with E-state index in [1.165, 1.54) is 0 Å². The average molecular weight is 258 g/mol. The predicted molar refractivity (Wildman–Crippen MR) is 66.4 cm³/mol. The smallest absolute Gasteiger partial charge is 0.305 e. The summed E-state index contributed by atoms with van der Waals surface area (Å²) in [4.78, 5) is 25.8. The zero-order chi connectivity index (χ0) is 13.5. The number of amides is 1. The number of carbonyl (C=O) groups excluding carboxylic acids is 1. The second-order valence-electron chi connectivity index (χ2n) is 4.83.